The van der Waals surface area contributed by atoms with Gasteiger partial charge in [0.25, 0.3) is 0 Å². The molecule has 0 aromatic carbocycles. The van der Waals surface area contributed by atoms with Gasteiger partial charge in [-0.1, -0.05) is 238 Å². The molecule has 0 heterocycles. The van der Waals surface area contributed by atoms with Crippen LogP contribution in [0.2, 0.25) is 0 Å². The van der Waals surface area contributed by atoms with Gasteiger partial charge in [-0.05, 0) is 51.4 Å². The van der Waals surface area contributed by atoms with Crippen molar-refractivity contribution >= 4 is 11.9 Å². The van der Waals surface area contributed by atoms with Crippen LogP contribution in [0.25, 0.3) is 0 Å². The molecule has 0 aliphatic carbocycles. The summed E-state index contributed by atoms with van der Waals surface area (Å²) >= 11 is 0. The Morgan fingerprint density at radius 1 is 0.458 bits per heavy atom. The smallest absolute Gasteiger partial charge is 0.305 e. The summed E-state index contributed by atoms with van der Waals surface area (Å²) in [5.74, 6) is -0.0360. The highest BCUT2D eigenvalue weighted by Gasteiger charge is 2.20. The highest BCUT2D eigenvalue weighted by atomic mass is 16.5. The Kier molecular flexibility index (Phi) is 48.1. The first-order valence-electron chi connectivity index (χ1n) is 26.4. The number of nitrogens with one attached hydrogen (secondary N) is 1. The van der Waals surface area contributed by atoms with Crippen molar-refractivity contribution in [3.63, 3.8) is 0 Å². The summed E-state index contributed by atoms with van der Waals surface area (Å²) in [4.78, 5) is 24.4. The topological polar surface area (TPSA) is 95.9 Å². The molecule has 0 aromatic heterocycles. The minimum Gasteiger partial charge on any atom is -0.466 e. The van der Waals surface area contributed by atoms with Crippen LogP contribution in [-0.4, -0.2) is 47.4 Å². The lowest BCUT2D eigenvalue weighted by Gasteiger charge is -2.22. The largest absolute Gasteiger partial charge is 0.466 e. The Morgan fingerprint density at radius 3 is 1.20 bits per heavy atom. The SMILES string of the molecule is CCCCCCCCCCCCCCC(=O)OCCCCCCCCCCCC/C=C\CCCCCCCCCC(=O)NC(CO)C(O)CCCCCCCCCCC. The molecule has 0 aromatic rings. The maximum atomic E-state index is 12.4. The number of carbonyl (C=O) groups excluding carboxylic acids is 2. The number of allylic oxidation sites excluding steroid dienone is 2. The number of hydrogen-bond donors (Lipinski definition) is 3. The third kappa shape index (κ3) is 45.9. The zero-order chi connectivity index (χ0) is 43.0. The van der Waals surface area contributed by atoms with Crippen LogP contribution in [0.4, 0.5) is 0 Å². The van der Waals surface area contributed by atoms with Gasteiger partial charge in [0, 0.05) is 12.8 Å². The summed E-state index contributed by atoms with van der Waals surface area (Å²) in [6, 6.07) is -0.544. The van der Waals surface area contributed by atoms with E-state index >= 15 is 0 Å². The molecular formula is C53H103NO5. The van der Waals surface area contributed by atoms with E-state index in [-0.39, 0.29) is 18.5 Å². The predicted octanol–water partition coefficient (Wildman–Crippen LogP) is 15.7. The molecule has 6 heteroatoms. The molecule has 0 spiro atoms. The second kappa shape index (κ2) is 49.3. The van der Waals surface area contributed by atoms with Gasteiger partial charge in [0.1, 0.15) is 0 Å². The van der Waals surface area contributed by atoms with E-state index in [0.29, 0.717) is 25.9 Å². The van der Waals surface area contributed by atoms with E-state index in [4.69, 9.17) is 4.74 Å². The van der Waals surface area contributed by atoms with Crippen LogP contribution in [0.3, 0.4) is 0 Å². The molecule has 0 saturated heterocycles. The molecule has 0 aliphatic heterocycles. The van der Waals surface area contributed by atoms with Crippen LogP contribution in [0.5, 0.6) is 0 Å². The lowest BCUT2D eigenvalue weighted by molar-refractivity contribution is -0.143. The van der Waals surface area contributed by atoms with Crippen molar-refractivity contribution in [1.29, 1.82) is 0 Å². The van der Waals surface area contributed by atoms with Crippen LogP contribution in [0, 0.1) is 0 Å². The van der Waals surface area contributed by atoms with Crippen LogP contribution in [0.1, 0.15) is 290 Å². The number of aliphatic hydroxyl groups is 2. The van der Waals surface area contributed by atoms with Gasteiger partial charge in [0.05, 0.1) is 25.4 Å². The third-order valence-electron chi connectivity index (χ3n) is 12.3. The first-order valence-corrected chi connectivity index (χ1v) is 26.4. The summed E-state index contributed by atoms with van der Waals surface area (Å²) in [5, 5.41) is 23.1. The molecule has 350 valence electrons. The molecule has 1 amide bonds. The van der Waals surface area contributed by atoms with Crippen molar-refractivity contribution < 1.29 is 24.5 Å². The molecule has 3 N–H and O–H groups in total. The summed E-state index contributed by atoms with van der Waals surface area (Å²) in [7, 11) is 0. The van der Waals surface area contributed by atoms with Crippen molar-refractivity contribution in [3.8, 4) is 0 Å². The van der Waals surface area contributed by atoms with Crippen molar-refractivity contribution in [2.24, 2.45) is 0 Å². The summed E-state index contributed by atoms with van der Waals surface area (Å²) < 4.78 is 5.46. The Bertz CT molecular complexity index is 878. The van der Waals surface area contributed by atoms with E-state index in [1.165, 1.54) is 218 Å². The van der Waals surface area contributed by atoms with Gasteiger partial charge in [0.15, 0.2) is 0 Å². The quantitative estimate of drug-likeness (QED) is 0.0322. The lowest BCUT2D eigenvalue weighted by atomic mass is 10.0. The van der Waals surface area contributed by atoms with E-state index in [0.717, 1.165) is 38.5 Å². The Labute approximate surface area is 368 Å². The average Bonchev–Trinajstić information content (AvgIpc) is 3.24. The van der Waals surface area contributed by atoms with Gasteiger partial charge in [-0.2, -0.15) is 0 Å². The number of hydrogen-bond acceptors (Lipinski definition) is 5. The number of esters is 1. The van der Waals surface area contributed by atoms with Gasteiger partial charge in [0.2, 0.25) is 5.91 Å². The maximum Gasteiger partial charge on any atom is 0.305 e. The Morgan fingerprint density at radius 2 is 0.797 bits per heavy atom. The number of unbranched alkanes of at least 4 members (excludes halogenated alkanes) is 36. The predicted molar refractivity (Wildman–Crippen MR) is 255 cm³/mol. The highest BCUT2D eigenvalue weighted by Crippen LogP contribution is 2.16. The van der Waals surface area contributed by atoms with E-state index in [2.05, 4.69) is 31.3 Å². The first-order chi connectivity index (χ1) is 29.0. The fraction of sp³-hybridized carbons (Fsp3) is 0.925. The monoisotopic (exact) mass is 834 g/mol. The van der Waals surface area contributed by atoms with E-state index in [1.54, 1.807) is 0 Å². The van der Waals surface area contributed by atoms with E-state index in [9.17, 15) is 19.8 Å². The van der Waals surface area contributed by atoms with Crippen LogP contribution in [-0.2, 0) is 14.3 Å². The van der Waals surface area contributed by atoms with Crippen molar-refractivity contribution in [2.45, 2.75) is 302 Å². The maximum absolute atomic E-state index is 12.4. The molecule has 2 atom stereocenters. The first kappa shape index (κ1) is 57.6. The van der Waals surface area contributed by atoms with E-state index < -0.39 is 12.1 Å². The minimum atomic E-state index is -0.665. The number of amides is 1. The second-order valence-electron chi connectivity index (χ2n) is 18.2. The normalized spacial score (nSPS) is 12.7. The van der Waals surface area contributed by atoms with Crippen molar-refractivity contribution in [1.82, 2.24) is 5.32 Å². The summed E-state index contributed by atoms with van der Waals surface area (Å²) in [6.07, 6.45) is 56.3. The average molecular weight is 834 g/mol. The van der Waals surface area contributed by atoms with Gasteiger partial charge >= 0.3 is 5.97 Å². The number of aliphatic hydroxyl groups excluding tert-OH is 2. The molecule has 0 radical (unpaired) electrons. The Balaban J connectivity index is 3.39. The Hall–Kier alpha value is -1.40. The molecule has 2 unspecified atom stereocenters. The van der Waals surface area contributed by atoms with Gasteiger partial charge in [-0.25, -0.2) is 0 Å². The molecule has 0 saturated carbocycles. The number of ether oxygens (including phenoxy) is 1. The van der Waals surface area contributed by atoms with Crippen molar-refractivity contribution in [2.75, 3.05) is 13.2 Å². The molecule has 0 rings (SSSR count). The highest BCUT2D eigenvalue weighted by molar-refractivity contribution is 5.76. The fourth-order valence-corrected chi connectivity index (χ4v) is 8.22. The van der Waals surface area contributed by atoms with E-state index in [1.807, 2.05) is 0 Å². The number of carbonyl (C=O) groups is 2. The van der Waals surface area contributed by atoms with Crippen LogP contribution < -0.4 is 5.32 Å². The fourth-order valence-electron chi connectivity index (χ4n) is 8.22. The van der Waals surface area contributed by atoms with Gasteiger partial charge in [-0.3, -0.25) is 9.59 Å². The molecule has 0 fully saturated rings. The molecule has 59 heavy (non-hydrogen) atoms. The summed E-state index contributed by atoms with van der Waals surface area (Å²) in [6.45, 7) is 4.93. The third-order valence-corrected chi connectivity index (χ3v) is 12.3. The standard InChI is InChI=1S/C53H103NO5/c1-3-5-7-9-11-13-14-27-31-35-39-43-47-53(58)59-48-44-40-36-32-28-25-23-21-19-17-15-16-18-20-22-24-26-30-34-38-42-46-52(57)54-50(49-55)51(56)45-41-37-33-29-12-10-8-6-4-2/h16,18,50-51,55-56H,3-15,17,19-49H2,1-2H3,(H,54,57)/b18-16-. The molecule has 6 nitrogen and oxygen atoms in total. The zero-order valence-electron chi connectivity index (χ0n) is 39.7. The number of rotatable bonds is 49. The molecule has 0 bridgehead atoms. The van der Waals surface area contributed by atoms with Crippen molar-refractivity contribution in [3.05, 3.63) is 12.2 Å². The van der Waals surface area contributed by atoms with Gasteiger partial charge in [-0.15, -0.1) is 0 Å². The van der Waals surface area contributed by atoms with Crippen LogP contribution >= 0.6 is 0 Å². The lowest BCUT2D eigenvalue weighted by Crippen LogP contribution is -2.45. The molecular weight excluding hydrogens is 731 g/mol. The summed E-state index contributed by atoms with van der Waals surface area (Å²) in [5.41, 5.74) is 0. The van der Waals surface area contributed by atoms with Crippen LogP contribution in [0.15, 0.2) is 12.2 Å². The zero-order valence-corrected chi connectivity index (χ0v) is 39.7. The van der Waals surface area contributed by atoms with Gasteiger partial charge < -0.3 is 20.3 Å². The molecule has 0 aliphatic rings. The minimum absolute atomic E-state index is 0.00878. The second-order valence-corrected chi connectivity index (χ2v) is 18.2.